The molecule has 2 unspecified atom stereocenters. The van der Waals surface area contributed by atoms with Gasteiger partial charge in [-0.3, -0.25) is 4.79 Å². The molecule has 0 aliphatic heterocycles. The van der Waals surface area contributed by atoms with Gasteiger partial charge in [0.05, 0.1) is 0 Å². The fourth-order valence-electron chi connectivity index (χ4n) is 2.75. The molecule has 80 valence electrons. The lowest BCUT2D eigenvalue weighted by Gasteiger charge is -2.22. The average molecular weight is 210 g/mol. The first-order valence-electron chi connectivity index (χ1n) is 5.79. The van der Waals surface area contributed by atoms with Crippen molar-refractivity contribution in [3.63, 3.8) is 0 Å². The normalized spacial score (nSPS) is 27.1. The predicted octanol–water partition coefficient (Wildman–Crippen LogP) is 3.03. The van der Waals surface area contributed by atoms with Crippen molar-refractivity contribution in [3.8, 4) is 0 Å². The second kappa shape index (κ2) is 3.75. The third-order valence-electron chi connectivity index (χ3n) is 3.51. The number of ketones is 1. The summed E-state index contributed by atoms with van der Waals surface area (Å²) in [5.41, 5.74) is 2.54. The zero-order valence-electron chi connectivity index (χ0n) is 9.10. The van der Waals surface area contributed by atoms with Crippen LogP contribution in [0.2, 0.25) is 0 Å². The van der Waals surface area contributed by atoms with Crippen molar-refractivity contribution >= 4 is 5.78 Å². The Morgan fingerprint density at radius 3 is 2.81 bits per heavy atom. The van der Waals surface area contributed by atoms with Gasteiger partial charge in [0.25, 0.3) is 0 Å². The second-order valence-corrected chi connectivity index (χ2v) is 4.58. The molecule has 0 N–H and O–H groups in total. The van der Waals surface area contributed by atoms with Crippen molar-refractivity contribution in [2.75, 3.05) is 0 Å². The van der Waals surface area contributed by atoms with Gasteiger partial charge in [0.15, 0.2) is 0 Å². The number of allylic oxidation sites excluding steroid dienone is 4. The topological polar surface area (TPSA) is 17.1 Å². The molecule has 0 spiro atoms. The molecule has 2 aliphatic carbocycles. The lowest BCUT2D eigenvalue weighted by molar-refractivity contribution is -0.118. The molecule has 1 aromatic rings. The molecule has 2 aliphatic rings. The van der Waals surface area contributed by atoms with Gasteiger partial charge in [-0.05, 0) is 17.0 Å². The molecule has 0 fully saturated rings. The highest BCUT2D eigenvalue weighted by Gasteiger charge is 2.28. The van der Waals surface area contributed by atoms with Gasteiger partial charge in [-0.15, -0.1) is 0 Å². The molecule has 0 saturated carbocycles. The quantitative estimate of drug-likeness (QED) is 0.643. The summed E-state index contributed by atoms with van der Waals surface area (Å²) in [4.78, 5) is 11.8. The number of benzene rings is 1. The Kier molecular flexibility index (Phi) is 2.24. The number of hydrogen-bond acceptors (Lipinski definition) is 1. The highest BCUT2D eigenvalue weighted by molar-refractivity contribution is 5.83. The van der Waals surface area contributed by atoms with E-state index < -0.39 is 0 Å². The standard InChI is InChI=1S/C15H14O/c16-13-9-11-5-1-3-7-14(11)15-8-4-2-6-12(15)10-13/h1-8,11,14H,9-10H2. The number of carbonyl (C=O) groups is 1. The van der Waals surface area contributed by atoms with Crippen LogP contribution in [0.5, 0.6) is 0 Å². The zero-order chi connectivity index (χ0) is 11.0. The minimum absolute atomic E-state index is 0.361. The summed E-state index contributed by atoms with van der Waals surface area (Å²) in [6, 6.07) is 8.34. The van der Waals surface area contributed by atoms with Crippen molar-refractivity contribution < 1.29 is 4.79 Å². The molecular formula is C15H14O. The SMILES string of the molecule is O=C1Cc2ccccc2C2C=CC=CC2C1. The molecule has 0 bridgehead atoms. The third kappa shape index (κ3) is 1.53. The van der Waals surface area contributed by atoms with E-state index in [1.165, 1.54) is 11.1 Å². The highest BCUT2D eigenvalue weighted by atomic mass is 16.1. The molecule has 0 saturated heterocycles. The molecular weight excluding hydrogens is 196 g/mol. The third-order valence-corrected chi connectivity index (χ3v) is 3.51. The van der Waals surface area contributed by atoms with E-state index in [2.05, 4.69) is 42.5 Å². The van der Waals surface area contributed by atoms with E-state index in [4.69, 9.17) is 0 Å². The van der Waals surface area contributed by atoms with E-state index in [-0.39, 0.29) is 0 Å². The van der Waals surface area contributed by atoms with Crippen molar-refractivity contribution in [2.24, 2.45) is 5.92 Å². The smallest absolute Gasteiger partial charge is 0.137 e. The van der Waals surface area contributed by atoms with E-state index in [0.717, 1.165) is 0 Å². The van der Waals surface area contributed by atoms with Crippen molar-refractivity contribution in [2.45, 2.75) is 18.8 Å². The lowest BCUT2D eigenvalue weighted by Crippen LogP contribution is -2.12. The average Bonchev–Trinajstić information content (AvgIpc) is 2.44. The highest BCUT2D eigenvalue weighted by Crippen LogP contribution is 2.37. The number of carbonyl (C=O) groups excluding carboxylic acids is 1. The largest absolute Gasteiger partial charge is 0.299 e. The molecule has 0 heterocycles. The van der Waals surface area contributed by atoms with Crippen LogP contribution in [0.3, 0.4) is 0 Å². The van der Waals surface area contributed by atoms with Crippen LogP contribution in [-0.4, -0.2) is 5.78 Å². The van der Waals surface area contributed by atoms with E-state index in [1.54, 1.807) is 0 Å². The first-order chi connectivity index (χ1) is 7.84. The van der Waals surface area contributed by atoms with Gasteiger partial charge in [-0.25, -0.2) is 0 Å². The van der Waals surface area contributed by atoms with Crippen LogP contribution in [0.4, 0.5) is 0 Å². The molecule has 0 amide bonds. The summed E-state index contributed by atoms with van der Waals surface area (Å²) in [6.07, 6.45) is 9.83. The van der Waals surface area contributed by atoms with Gasteiger partial charge in [0.2, 0.25) is 0 Å². The van der Waals surface area contributed by atoms with Crippen molar-refractivity contribution in [3.05, 3.63) is 59.7 Å². The fourth-order valence-corrected chi connectivity index (χ4v) is 2.75. The molecule has 1 heteroatoms. The summed E-state index contributed by atoms with van der Waals surface area (Å²) >= 11 is 0. The Balaban J connectivity index is 2.12. The van der Waals surface area contributed by atoms with Crippen molar-refractivity contribution in [1.29, 1.82) is 0 Å². The van der Waals surface area contributed by atoms with Gasteiger partial charge in [-0.2, -0.15) is 0 Å². The Labute approximate surface area is 95.5 Å². The number of hydrogen-bond donors (Lipinski definition) is 0. The molecule has 3 rings (SSSR count). The van der Waals surface area contributed by atoms with Crippen molar-refractivity contribution in [1.82, 2.24) is 0 Å². The zero-order valence-corrected chi connectivity index (χ0v) is 9.10. The van der Waals surface area contributed by atoms with Crippen LogP contribution in [0.25, 0.3) is 0 Å². The maximum Gasteiger partial charge on any atom is 0.137 e. The van der Waals surface area contributed by atoms with Gasteiger partial charge >= 0.3 is 0 Å². The van der Waals surface area contributed by atoms with Crippen LogP contribution in [0.15, 0.2) is 48.6 Å². The molecule has 1 nitrogen and oxygen atoms in total. The summed E-state index contributed by atoms with van der Waals surface area (Å²) in [6.45, 7) is 0. The van der Waals surface area contributed by atoms with Gasteiger partial charge in [0.1, 0.15) is 5.78 Å². The Hall–Kier alpha value is -1.63. The fraction of sp³-hybridized carbons (Fsp3) is 0.267. The van der Waals surface area contributed by atoms with E-state index >= 15 is 0 Å². The van der Waals surface area contributed by atoms with Crippen LogP contribution in [0, 0.1) is 5.92 Å². The first-order valence-corrected chi connectivity index (χ1v) is 5.79. The Morgan fingerprint density at radius 1 is 1.06 bits per heavy atom. The molecule has 2 atom stereocenters. The van der Waals surface area contributed by atoms with E-state index in [9.17, 15) is 4.79 Å². The summed E-state index contributed by atoms with van der Waals surface area (Å²) < 4.78 is 0. The maximum atomic E-state index is 11.8. The molecule has 1 aromatic carbocycles. The van der Waals surface area contributed by atoms with E-state index in [1.807, 2.05) is 6.07 Å². The number of Topliss-reactive ketones (excluding diaryl/α,β-unsaturated/α-hetero) is 1. The van der Waals surface area contributed by atoms with Crippen LogP contribution in [-0.2, 0) is 11.2 Å². The summed E-state index contributed by atoms with van der Waals surface area (Å²) in [5.74, 6) is 1.12. The number of rotatable bonds is 0. The predicted molar refractivity (Wildman–Crippen MR) is 64.3 cm³/mol. The van der Waals surface area contributed by atoms with Crippen LogP contribution in [0.1, 0.15) is 23.5 Å². The monoisotopic (exact) mass is 210 g/mol. The van der Waals surface area contributed by atoms with Gasteiger partial charge in [0, 0.05) is 18.8 Å². The lowest BCUT2D eigenvalue weighted by atomic mass is 9.81. The maximum absolute atomic E-state index is 11.8. The summed E-state index contributed by atoms with van der Waals surface area (Å²) in [7, 11) is 0. The van der Waals surface area contributed by atoms with E-state index in [0.29, 0.717) is 30.5 Å². The first kappa shape index (κ1) is 9.59. The minimum Gasteiger partial charge on any atom is -0.299 e. The second-order valence-electron chi connectivity index (χ2n) is 4.58. The molecule has 0 radical (unpaired) electrons. The van der Waals surface area contributed by atoms with Gasteiger partial charge < -0.3 is 0 Å². The minimum atomic E-state index is 0.361. The van der Waals surface area contributed by atoms with Gasteiger partial charge in [-0.1, -0.05) is 48.6 Å². The van der Waals surface area contributed by atoms with Crippen LogP contribution >= 0.6 is 0 Å². The Morgan fingerprint density at radius 2 is 1.88 bits per heavy atom. The molecule has 16 heavy (non-hydrogen) atoms. The Bertz CT molecular complexity index is 482. The summed E-state index contributed by atoms with van der Waals surface area (Å²) in [5, 5.41) is 0. The molecule has 0 aromatic heterocycles. The number of fused-ring (bicyclic) bond motifs is 3. The van der Waals surface area contributed by atoms with Crippen LogP contribution < -0.4 is 0 Å².